The van der Waals surface area contributed by atoms with Crippen LogP contribution in [0.15, 0.2) is 24.3 Å². The number of rotatable bonds is 24. The molecule has 0 aliphatic rings. The minimum Gasteiger partial charge on any atom is -0.478 e. The number of carbonyl (C=O) groups is 2. The summed E-state index contributed by atoms with van der Waals surface area (Å²) in [7, 11) is 0. The Bertz CT molecular complexity index is 658. The highest BCUT2D eigenvalue weighted by molar-refractivity contribution is 6.00. The summed E-state index contributed by atoms with van der Waals surface area (Å²) in [6, 6.07) is 6.55. The number of amides is 1. The van der Waals surface area contributed by atoms with Gasteiger partial charge in [-0.05, 0) is 18.6 Å². The Kier molecular flexibility index (Phi) is 20.2. The fourth-order valence-corrected chi connectivity index (χ4v) is 4.71. The molecule has 0 saturated carbocycles. The molecule has 0 atom stereocenters. The average Bonchev–Trinajstić information content (AvgIpc) is 2.85. The van der Waals surface area contributed by atoms with Gasteiger partial charge in [-0.2, -0.15) is 0 Å². The minimum absolute atomic E-state index is 0.100. The summed E-state index contributed by atoms with van der Waals surface area (Å²) in [5.74, 6) is -1.12. The van der Waals surface area contributed by atoms with E-state index in [1.165, 1.54) is 128 Å². The Morgan fingerprint density at radius 2 is 0.971 bits per heavy atom. The van der Waals surface area contributed by atoms with E-state index in [-0.39, 0.29) is 11.5 Å². The monoisotopic (exact) mass is 487 g/mol. The maximum Gasteiger partial charge on any atom is 0.337 e. The van der Waals surface area contributed by atoms with Gasteiger partial charge in [-0.3, -0.25) is 4.79 Å². The van der Waals surface area contributed by atoms with Crippen LogP contribution in [0.4, 0.5) is 5.69 Å². The summed E-state index contributed by atoms with van der Waals surface area (Å²) >= 11 is 0. The number of hydrogen-bond acceptors (Lipinski definition) is 2. The fraction of sp³-hybridized carbons (Fsp3) is 0.742. The first kappa shape index (κ1) is 31.2. The molecule has 35 heavy (non-hydrogen) atoms. The van der Waals surface area contributed by atoms with Gasteiger partial charge in [-0.1, -0.05) is 147 Å². The van der Waals surface area contributed by atoms with Crippen molar-refractivity contribution in [2.75, 3.05) is 5.32 Å². The van der Waals surface area contributed by atoms with Crippen LogP contribution in [0.2, 0.25) is 0 Å². The Hall–Kier alpha value is -1.84. The molecule has 0 heterocycles. The van der Waals surface area contributed by atoms with Gasteiger partial charge in [0.25, 0.3) is 0 Å². The number of aromatic carboxylic acids is 1. The molecule has 0 aliphatic carbocycles. The molecule has 0 fully saturated rings. The second-order valence-electron chi connectivity index (χ2n) is 10.2. The smallest absolute Gasteiger partial charge is 0.337 e. The SMILES string of the molecule is CCCCCCCCCCCCCCCCCCCCCCCC(=O)Nc1ccccc1C(=O)O. The standard InChI is InChI=1S/C31H53NO3/c1-2-3-4-5-6-7-8-9-10-11-12-13-14-15-16-17-18-19-20-21-22-27-30(33)32-29-26-24-23-25-28(29)31(34)35/h23-26H,2-22,27H2,1H3,(H,32,33)(H,34,35). The predicted molar refractivity (Wildman–Crippen MR) is 149 cm³/mol. The second-order valence-corrected chi connectivity index (χ2v) is 10.2. The molecule has 1 amide bonds. The van der Waals surface area contributed by atoms with Gasteiger partial charge in [-0.15, -0.1) is 0 Å². The number of carboxylic acid groups (broad SMARTS) is 1. The molecule has 0 radical (unpaired) electrons. The predicted octanol–water partition coefficient (Wildman–Crippen LogP) is 9.93. The third-order valence-electron chi connectivity index (χ3n) is 6.94. The molecule has 1 aromatic carbocycles. The van der Waals surface area contributed by atoms with Crippen molar-refractivity contribution >= 4 is 17.6 Å². The molecule has 1 aromatic rings. The van der Waals surface area contributed by atoms with E-state index in [2.05, 4.69) is 12.2 Å². The normalized spacial score (nSPS) is 11.0. The van der Waals surface area contributed by atoms with Crippen molar-refractivity contribution in [3.63, 3.8) is 0 Å². The van der Waals surface area contributed by atoms with Gasteiger partial charge >= 0.3 is 5.97 Å². The van der Waals surface area contributed by atoms with E-state index in [4.69, 9.17) is 0 Å². The molecular weight excluding hydrogens is 434 g/mol. The van der Waals surface area contributed by atoms with Crippen molar-refractivity contribution in [1.29, 1.82) is 0 Å². The second kappa shape index (κ2) is 22.6. The van der Waals surface area contributed by atoms with Crippen molar-refractivity contribution < 1.29 is 14.7 Å². The van der Waals surface area contributed by atoms with E-state index < -0.39 is 5.97 Å². The number of carboxylic acids is 1. The molecule has 200 valence electrons. The van der Waals surface area contributed by atoms with E-state index >= 15 is 0 Å². The van der Waals surface area contributed by atoms with Crippen molar-refractivity contribution in [3.8, 4) is 0 Å². The summed E-state index contributed by atoms with van der Waals surface area (Å²) in [4.78, 5) is 23.3. The minimum atomic E-state index is -1.02. The Morgan fingerprint density at radius 3 is 1.37 bits per heavy atom. The number of hydrogen-bond donors (Lipinski definition) is 2. The maximum absolute atomic E-state index is 12.1. The Morgan fingerprint density at radius 1 is 0.600 bits per heavy atom. The fourth-order valence-electron chi connectivity index (χ4n) is 4.71. The molecule has 4 nitrogen and oxygen atoms in total. The van der Waals surface area contributed by atoms with Crippen LogP contribution in [0.25, 0.3) is 0 Å². The first-order chi connectivity index (χ1) is 17.1. The summed E-state index contributed by atoms with van der Waals surface area (Å²) in [6.07, 6.45) is 28.7. The van der Waals surface area contributed by atoms with E-state index in [1.807, 2.05) is 0 Å². The number of para-hydroxylation sites is 1. The number of anilines is 1. The number of benzene rings is 1. The highest BCUT2D eigenvalue weighted by atomic mass is 16.4. The van der Waals surface area contributed by atoms with Gasteiger partial charge in [0.1, 0.15) is 0 Å². The Labute approximate surface area is 215 Å². The highest BCUT2D eigenvalue weighted by Gasteiger charge is 2.11. The zero-order chi connectivity index (χ0) is 25.4. The number of unbranched alkanes of at least 4 members (excludes halogenated alkanes) is 20. The van der Waals surface area contributed by atoms with Gasteiger partial charge in [0.2, 0.25) is 5.91 Å². The molecule has 0 spiro atoms. The lowest BCUT2D eigenvalue weighted by Crippen LogP contribution is -2.14. The number of nitrogens with one attached hydrogen (secondary N) is 1. The summed E-state index contributed by atoms with van der Waals surface area (Å²) < 4.78 is 0. The van der Waals surface area contributed by atoms with E-state index in [0.717, 1.165) is 12.8 Å². The van der Waals surface area contributed by atoms with Crippen LogP contribution in [0.1, 0.15) is 159 Å². The van der Waals surface area contributed by atoms with Crippen molar-refractivity contribution in [2.45, 2.75) is 148 Å². The van der Waals surface area contributed by atoms with Crippen LogP contribution in [-0.4, -0.2) is 17.0 Å². The lowest BCUT2D eigenvalue weighted by molar-refractivity contribution is -0.116. The molecule has 2 N–H and O–H groups in total. The quantitative estimate of drug-likeness (QED) is 0.143. The largest absolute Gasteiger partial charge is 0.478 e. The Balaban J connectivity index is 1.81. The van der Waals surface area contributed by atoms with Gasteiger partial charge in [0.05, 0.1) is 11.3 Å². The molecule has 1 rings (SSSR count). The van der Waals surface area contributed by atoms with Gasteiger partial charge in [-0.25, -0.2) is 4.79 Å². The average molecular weight is 488 g/mol. The van der Waals surface area contributed by atoms with E-state index in [0.29, 0.717) is 12.1 Å². The number of carbonyl (C=O) groups excluding carboxylic acids is 1. The van der Waals surface area contributed by atoms with E-state index in [9.17, 15) is 14.7 Å². The summed E-state index contributed by atoms with van der Waals surface area (Å²) in [6.45, 7) is 2.28. The van der Waals surface area contributed by atoms with Gasteiger partial charge < -0.3 is 10.4 Å². The zero-order valence-electron chi connectivity index (χ0n) is 22.6. The molecular formula is C31H53NO3. The van der Waals surface area contributed by atoms with Crippen LogP contribution in [0, 0.1) is 0 Å². The first-order valence-corrected chi connectivity index (χ1v) is 14.8. The third-order valence-corrected chi connectivity index (χ3v) is 6.94. The molecule has 4 heteroatoms. The maximum atomic E-state index is 12.1. The summed E-state index contributed by atoms with van der Waals surface area (Å²) in [5, 5.41) is 11.9. The van der Waals surface area contributed by atoms with Gasteiger partial charge in [0.15, 0.2) is 0 Å². The molecule has 0 aromatic heterocycles. The molecule has 0 aliphatic heterocycles. The van der Waals surface area contributed by atoms with Crippen molar-refractivity contribution in [3.05, 3.63) is 29.8 Å². The van der Waals surface area contributed by atoms with Crippen molar-refractivity contribution in [1.82, 2.24) is 0 Å². The molecule has 0 saturated heterocycles. The summed E-state index contributed by atoms with van der Waals surface area (Å²) in [5.41, 5.74) is 0.521. The third kappa shape index (κ3) is 18.1. The lowest BCUT2D eigenvalue weighted by atomic mass is 10.0. The van der Waals surface area contributed by atoms with Crippen LogP contribution in [-0.2, 0) is 4.79 Å². The van der Waals surface area contributed by atoms with Crippen molar-refractivity contribution in [2.24, 2.45) is 0 Å². The lowest BCUT2D eigenvalue weighted by Gasteiger charge is -2.08. The van der Waals surface area contributed by atoms with Crippen LogP contribution in [0.3, 0.4) is 0 Å². The molecule has 0 unspecified atom stereocenters. The van der Waals surface area contributed by atoms with Crippen LogP contribution in [0.5, 0.6) is 0 Å². The zero-order valence-corrected chi connectivity index (χ0v) is 22.6. The van der Waals surface area contributed by atoms with Crippen LogP contribution < -0.4 is 5.32 Å². The molecule has 0 bridgehead atoms. The van der Waals surface area contributed by atoms with E-state index in [1.54, 1.807) is 18.2 Å². The highest BCUT2D eigenvalue weighted by Crippen LogP contribution is 2.17. The van der Waals surface area contributed by atoms with Crippen LogP contribution >= 0.6 is 0 Å². The first-order valence-electron chi connectivity index (χ1n) is 14.8. The topological polar surface area (TPSA) is 66.4 Å². The van der Waals surface area contributed by atoms with Gasteiger partial charge in [0, 0.05) is 6.42 Å².